The van der Waals surface area contributed by atoms with Crippen molar-refractivity contribution in [2.75, 3.05) is 13.7 Å². The molecule has 0 bridgehead atoms. The molecule has 0 atom stereocenters. The number of carbonyl (C=O) groups is 2. The van der Waals surface area contributed by atoms with Gasteiger partial charge in [0.2, 0.25) is 0 Å². The van der Waals surface area contributed by atoms with Crippen molar-refractivity contribution in [2.24, 2.45) is 4.99 Å². The van der Waals surface area contributed by atoms with Crippen LogP contribution in [0.1, 0.15) is 5.56 Å². The lowest BCUT2D eigenvalue weighted by molar-refractivity contribution is -0.135. The molecule has 1 fully saturated rings. The van der Waals surface area contributed by atoms with Crippen molar-refractivity contribution in [3.05, 3.63) is 76.7 Å². The highest BCUT2D eigenvalue weighted by Gasteiger charge is 2.34. The topological polar surface area (TPSA) is 59.0 Å². The Kier molecular flexibility index (Phi) is 6.20. The van der Waals surface area contributed by atoms with Gasteiger partial charge in [-0.3, -0.25) is 9.69 Å². The summed E-state index contributed by atoms with van der Waals surface area (Å²) < 4.78 is 31.2. The molecule has 1 saturated heterocycles. The number of thioether (sulfide) groups is 1. The smallest absolute Gasteiger partial charge is 0.331 e. The third kappa shape index (κ3) is 4.64. The molecule has 0 saturated carbocycles. The van der Waals surface area contributed by atoms with Crippen LogP contribution in [0.15, 0.2) is 64.5 Å². The van der Waals surface area contributed by atoms with Crippen LogP contribution in [0.25, 0.3) is 0 Å². The number of halogens is 2. The number of nitrogens with zero attached hydrogens (tertiary/aromatic N) is 2. The standard InChI is InChI=1S/C20H16F2N2O3S/c1-27-18(25)12-17-19(26)24(10-9-13-5-3-2-4-6-13)20(28-17)23-14-7-8-15(21)16(22)11-14/h2-8,11-12H,9-10H2,1H3. The summed E-state index contributed by atoms with van der Waals surface area (Å²) in [6, 6.07) is 12.8. The van der Waals surface area contributed by atoms with Crippen LogP contribution in [0.2, 0.25) is 0 Å². The Hall–Kier alpha value is -3.00. The average Bonchev–Trinajstić information content (AvgIpc) is 2.98. The van der Waals surface area contributed by atoms with Gasteiger partial charge in [-0.25, -0.2) is 18.6 Å². The van der Waals surface area contributed by atoms with Gasteiger partial charge in [-0.2, -0.15) is 0 Å². The van der Waals surface area contributed by atoms with Gasteiger partial charge in [0, 0.05) is 18.7 Å². The van der Waals surface area contributed by atoms with E-state index in [1.54, 1.807) is 0 Å². The van der Waals surface area contributed by atoms with E-state index in [9.17, 15) is 18.4 Å². The van der Waals surface area contributed by atoms with Gasteiger partial charge in [-0.1, -0.05) is 30.3 Å². The Morgan fingerprint density at radius 3 is 2.61 bits per heavy atom. The first-order valence-corrected chi connectivity index (χ1v) is 9.16. The average molecular weight is 402 g/mol. The molecule has 0 N–H and O–H groups in total. The normalized spacial score (nSPS) is 16.8. The predicted octanol–water partition coefficient (Wildman–Crippen LogP) is 3.83. The van der Waals surface area contributed by atoms with E-state index in [0.717, 1.165) is 35.5 Å². The number of amidine groups is 1. The molecule has 0 unspecified atom stereocenters. The van der Waals surface area contributed by atoms with Crippen molar-refractivity contribution >= 4 is 34.5 Å². The molecule has 2 aromatic rings. The number of ether oxygens (including phenoxy) is 1. The van der Waals surface area contributed by atoms with Crippen molar-refractivity contribution in [2.45, 2.75) is 6.42 Å². The summed E-state index contributed by atoms with van der Waals surface area (Å²) >= 11 is 0.981. The zero-order chi connectivity index (χ0) is 20.1. The van der Waals surface area contributed by atoms with Gasteiger partial charge in [0.05, 0.1) is 17.7 Å². The number of esters is 1. The zero-order valence-electron chi connectivity index (χ0n) is 14.9. The molecule has 0 aromatic heterocycles. The van der Waals surface area contributed by atoms with Crippen molar-refractivity contribution in [1.29, 1.82) is 0 Å². The van der Waals surface area contributed by atoms with Crippen LogP contribution in [-0.2, 0) is 20.7 Å². The van der Waals surface area contributed by atoms with Gasteiger partial charge in [0.25, 0.3) is 5.91 Å². The highest BCUT2D eigenvalue weighted by Crippen LogP contribution is 2.33. The van der Waals surface area contributed by atoms with E-state index in [-0.39, 0.29) is 15.8 Å². The zero-order valence-corrected chi connectivity index (χ0v) is 15.7. The van der Waals surface area contributed by atoms with Crippen molar-refractivity contribution in [3.8, 4) is 0 Å². The lowest BCUT2D eigenvalue weighted by atomic mass is 10.1. The number of hydrogen-bond donors (Lipinski definition) is 0. The van der Waals surface area contributed by atoms with E-state index in [2.05, 4.69) is 9.73 Å². The van der Waals surface area contributed by atoms with Gasteiger partial charge in [0.15, 0.2) is 16.8 Å². The second kappa shape index (κ2) is 8.79. The molecule has 3 rings (SSSR count). The summed E-state index contributed by atoms with van der Waals surface area (Å²) in [6.07, 6.45) is 1.66. The monoisotopic (exact) mass is 402 g/mol. The molecule has 28 heavy (non-hydrogen) atoms. The van der Waals surface area contributed by atoms with Gasteiger partial charge < -0.3 is 4.74 Å². The first-order chi connectivity index (χ1) is 13.5. The predicted molar refractivity (Wildman–Crippen MR) is 103 cm³/mol. The highest BCUT2D eigenvalue weighted by molar-refractivity contribution is 8.18. The summed E-state index contributed by atoms with van der Waals surface area (Å²) in [5.74, 6) is -3.07. The van der Waals surface area contributed by atoms with Crippen LogP contribution < -0.4 is 0 Å². The fourth-order valence-electron chi connectivity index (χ4n) is 2.51. The minimum absolute atomic E-state index is 0.154. The molecule has 0 radical (unpaired) electrons. The maximum Gasteiger partial charge on any atom is 0.331 e. The first kappa shape index (κ1) is 19.8. The molecule has 1 aliphatic rings. The summed E-state index contributed by atoms with van der Waals surface area (Å²) in [5.41, 5.74) is 1.19. The van der Waals surface area contributed by atoms with Crippen LogP contribution in [0.5, 0.6) is 0 Å². The quantitative estimate of drug-likeness (QED) is 0.564. The number of hydrogen-bond acceptors (Lipinski definition) is 5. The van der Waals surface area contributed by atoms with Gasteiger partial charge in [0.1, 0.15) is 0 Å². The van der Waals surface area contributed by atoms with Gasteiger partial charge in [-0.05, 0) is 35.9 Å². The van der Waals surface area contributed by atoms with Crippen molar-refractivity contribution < 1.29 is 23.1 Å². The Morgan fingerprint density at radius 1 is 1.18 bits per heavy atom. The molecule has 0 spiro atoms. The first-order valence-electron chi connectivity index (χ1n) is 8.35. The summed E-state index contributed by atoms with van der Waals surface area (Å²) in [7, 11) is 1.22. The van der Waals surface area contributed by atoms with Crippen molar-refractivity contribution in [1.82, 2.24) is 4.90 Å². The summed E-state index contributed by atoms with van der Waals surface area (Å²) in [6.45, 7) is 0.316. The largest absolute Gasteiger partial charge is 0.466 e. The molecule has 5 nitrogen and oxygen atoms in total. The Labute approximate surface area is 164 Å². The van der Waals surface area contributed by atoms with Gasteiger partial charge in [-0.15, -0.1) is 0 Å². The van der Waals surface area contributed by atoms with Crippen LogP contribution >= 0.6 is 11.8 Å². The second-order valence-electron chi connectivity index (χ2n) is 5.82. The number of methoxy groups -OCH3 is 1. The maximum absolute atomic E-state index is 13.5. The van der Waals surface area contributed by atoms with E-state index in [4.69, 9.17) is 0 Å². The number of amides is 1. The molecular formula is C20H16F2N2O3S. The number of carbonyl (C=O) groups excluding carboxylic acids is 2. The van der Waals surface area contributed by atoms with E-state index in [0.29, 0.717) is 13.0 Å². The Morgan fingerprint density at radius 2 is 1.93 bits per heavy atom. The fraction of sp³-hybridized carbons (Fsp3) is 0.150. The van der Waals surface area contributed by atoms with Crippen molar-refractivity contribution in [3.63, 3.8) is 0 Å². The maximum atomic E-state index is 13.5. The molecule has 1 heterocycles. The minimum atomic E-state index is -1.03. The van der Waals surface area contributed by atoms with Crippen LogP contribution in [0.3, 0.4) is 0 Å². The lowest BCUT2D eigenvalue weighted by Gasteiger charge is -2.15. The highest BCUT2D eigenvalue weighted by atomic mass is 32.2. The number of aliphatic imine (C=N–C) groups is 1. The SMILES string of the molecule is COC(=O)C=C1SC(=Nc2ccc(F)c(F)c2)N(CCc2ccccc2)C1=O. The van der Waals surface area contributed by atoms with Crippen LogP contribution in [0.4, 0.5) is 14.5 Å². The van der Waals surface area contributed by atoms with E-state index in [1.165, 1.54) is 18.1 Å². The molecule has 8 heteroatoms. The Bertz CT molecular complexity index is 961. The van der Waals surface area contributed by atoms with E-state index in [1.807, 2.05) is 30.3 Å². The molecular weight excluding hydrogens is 386 g/mol. The minimum Gasteiger partial charge on any atom is -0.466 e. The number of benzene rings is 2. The summed E-state index contributed by atoms with van der Waals surface area (Å²) in [4.78, 5) is 30.1. The van der Waals surface area contributed by atoms with Crippen LogP contribution in [0, 0.1) is 11.6 Å². The second-order valence-corrected chi connectivity index (χ2v) is 6.83. The third-order valence-electron chi connectivity index (χ3n) is 3.93. The lowest BCUT2D eigenvalue weighted by Crippen LogP contribution is -2.31. The molecule has 0 aliphatic carbocycles. The third-order valence-corrected chi connectivity index (χ3v) is 4.94. The molecule has 2 aromatic carbocycles. The van der Waals surface area contributed by atoms with Crippen LogP contribution in [-0.4, -0.2) is 35.6 Å². The molecule has 1 aliphatic heterocycles. The molecule has 144 valence electrons. The van der Waals surface area contributed by atoms with E-state index < -0.39 is 23.5 Å². The fourth-order valence-corrected chi connectivity index (χ4v) is 3.49. The summed E-state index contributed by atoms with van der Waals surface area (Å²) in [5, 5.41) is 0.280. The number of rotatable bonds is 5. The van der Waals surface area contributed by atoms with Gasteiger partial charge >= 0.3 is 5.97 Å². The molecule has 1 amide bonds. The van der Waals surface area contributed by atoms with E-state index >= 15 is 0 Å². The Balaban J connectivity index is 1.90.